The van der Waals surface area contributed by atoms with Crippen LogP contribution in [0.25, 0.3) is 0 Å². The molecule has 4 N–H and O–H groups in total. The van der Waals surface area contributed by atoms with Crippen molar-refractivity contribution in [3.05, 3.63) is 29.3 Å². The van der Waals surface area contributed by atoms with Crippen LogP contribution in [0.4, 0.5) is 10.1 Å². The van der Waals surface area contributed by atoms with Crippen LogP contribution in [-0.4, -0.2) is 24.3 Å². The normalized spacial score (nSPS) is 10.2. The molecule has 0 unspecified atom stereocenters. The van der Waals surface area contributed by atoms with Gasteiger partial charge < -0.3 is 16.2 Å². The zero-order chi connectivity index (χ0) is 11.3. The van der Waals surface area contributed by atoms with Crippen LogP contribution in [0.2, 0.25) is 0 Å². The number of rotatable bonds is 5. The first kappa shape index (κ1) is 11.5. The van der Waals surface area contributed by atoms with Crippen molar-refractivity contribution in [1.29, 1.82) is 0 Å². The van der Waals surface area contributed by atoms with E-state index in [1.54, 1.807) is 6.07 Å². The van der Waals surface area contributed by atoms with Gasteiger partial charge in [0.25, 0.3) is 0 Å². The highest BCUT2D eigenvalue weighted by molar-refractivity contribution is 5.88. The van der Waals surface area contributed by atoms with Crippen LogP contribution in [0.3, 0.4) is 0 Å². The van der Waals surface area contributed by atoms with Crippen molar-refractivity contribution in [1.82, 2.24) is 5.32 Å². The molecule has 0 fully saturated rings. The van der Waals surface area contributed by atoms with Gasteiger partial charge in [-0.05, 0) is 17.7 Å². The lowest BCUT2D eigenvalue weighted by atomic mass is 10.1. The SMILES string of the molecule is Nc1cc(C(=O)O)ccc1CNCCF. The molecule has 0 radical (unpaired) electrons. The average Bonchev–Trinajstić information content (AvgIpc) is 2.20. The first-order chi connectivity index (χ1) is 7.15. The van der Waals surface area contributed by atoms with Crippen molar-refractivity contribution in [3.8, 4) is 0 Å². The maximum Gasteiger partial charge on any atom is 0.335 e. The van der Waals surface area contributed by atoms with Crippen molar-refractivity contribution < 1.29 is 14.3 Å². The van der Waals surface area contributed by atoms with E-state index >= 15 is 0 Å². The summed E-state index contributed by atoms with van der Waals surface area (Å²) in [5.41, 5.74) is 6.97. The van der Waals surface area contributed by atoms with Crippen LogP contribution in [0, 0.1) is 0 Å². The van der Waals surface area contributed by atoms with Gasteiger partial charge in [0.15, 0.2) is 0 Å². The summed E-state index contributed by atoms with van der Waals surface area (Å²) in [5.74, 6) is -1.01. The molecule has 82 valence electrons. The van der Waals surface area contributed by atoms with Gasteiger partial charge >= 0.3 is 5.97 Å². The largest absolute Gasteiger partial charge is 0.478 e. The fourth-order valence-corrected chi connectivity index (χ4v) is 1.18. The minimum absolute atomic E-state index is 0.154. The zero-order valence-corrected chi connectivity index (χ0v) is 8.16. The van der Waals surface area contributed by atoms with E-state index in [1.807, 2.05) is 0 Å². The summed E-state index contributed by atoms with van der Waals surface area (Å²) in [4.78, 5) is 10.6. The second-order valence-corrected chi connectivity index (χ2v) is 3.08. The van der Waals surface area contributed by atoms with Crippen molar-refractivity contribution in [2.24, 2.45) is 0 Å². The van der Waals surface area contributed by atoms with Gasteiger partial charge in [-0.2, -0.15) is 0 Å². The van der Waals surface area contributed by atoms with Crippen LogP contribution in [0.5, 0.6) is 0 Å². The summed E-state index contributed by atoms with van der Waals surface area (Å²) < 4.78 is 11.8. The number of anilines is 1. The number of carbonyl (C=O) groups is 1. The molecule has 0 atom stereocenters. The summed E-state index contributed by atoms with van der Waals surface area (Å²) in [5, 5.41) is 11.5. The van der Waals surface area contributed by atoms with Crippen LogP contribution >= 0.6 is 0 Å². The van der Waals surface area contributed by atoms with E-state index in [9.17, 15) is 9.18 Å². The summed E-state index contributed by atoms with van der Waals surface area (Å²) in [6, 6.07) is 4.50. The molecule has 0 aliphatic rings. The van der Waals surface area contributed by atoms with Gasteiger partial charge in [-0.1, -0.05) is 6.07 Å². The zero-order valence-electron chi connectivity index (χ0n) is 8.16. The highest BCUT2D eigenvalue weighted by Gasteiger charge is 2.05. The van der Waals surface area contributed by atoms with Crippen LogP contribution < -0.4 is 11.1 Å². The maximum atomic E-state index is 11.8. The molecule has 15 heavy (non-hydrogen) atoms. The van der Waals surface area contributed by atoms with E-state index in [-0.39, 0.29) is 12.1 Å². The minimum Gasteiger partial charge on any atom is -0.478 e. The number of benzene rings is 1. The predicted octanol–water partition coefficient (Wildman–Crippen LogP) is 1.03. The Morgan fingerprint density at radius 3 is 2.80 bits per heavy atom. The molecular formula is C10H13FN2O2. The van der Waals surface area contributed by atoms with Gasteiger partial charge in [0, 0.05) is 18.8 Å². The van der Waals surface area contributed by atoms with E-state index in [2.05, 4.69) is 5.32 Å². The summed E-state index contributed by atoms with van der Waals surface area (Å²) in [6.45, 7) is 0.267. The molecule has 0 amide bonds. The van der Waals surface area contributed by atoms with Gasteiger partial charge in [-0.15, -0.1) is 0 Å². The number of halogens is 1. The van der Waals surface area contributed by atoms with Gasteiger partial charge in [0.2, 0.25) is 0 Å². The number of nitrogen functional groups attached to an aromatic ring is 1. The smallest absolute Gasteiger partial charge is 0.335 e. The number of alkyl halides is 1. The molecule has 1 aromatic carbocycles. The number of hydrogen-bond donors (Lipinski definition) is 3. The molecule has 4 nitrogen and oxygen atoms in total. The molecule has 1 aromatic rings. The van der Waals surface area contributed by atoms with E-state index < -0.39 is 12.6 Å². The standard InChI is InChI=1S/C10H13FN2O2/c11-3-4-13-6-8-2-1-7(10(14)15)5-9(8)12/h1-2,5,13H,3-4,6,12H2,(H,14,15). The van der Waals surface area contributed by atoms with E-state index in [0.29, 0.717) is 12.2 Å². The van der Waals surface area contributed by atoms with E-state index in [1.165, 1.54) is 12.1 Å². The molecule has 5 heteroatoms. The van der Waals surface area contributed by atoms with Gasteiger partial charge in [0.1, 0.15) is 6.67 Å². The second-order valence-electron chi connectivity index (χ2n) is 3.08. The molecule has 0 aliphatic carbocycles. The molecule has 0 aromatic heterocycles. The molecule has 0 bridgehead atoms. The topological polar surface area (TPSA) is 75.4 Å². The van der Waals surface area contributed by atoms with Gasteiger partial charge in [-0.25, -0.2) is 9.18 Å². The summed E-state index contributed by atoms with van der Waals surface area (Å²) in [7, 11) is 0. The first-order valence-corrected chi connectivity index (χ1v) is 4.53. The number of nitrogens with two attached hydrogens (primary N) is 1. The summed E-state index contributed by atoms with van der Waals surface area (Å²) in [6.07, 6.45) is 0. The molecule has 0 saturated heterocycles. The van der Waals surface area contributed by atoms with Crippen molar-refractivity contribution in [3.63, 3.8) is 0 Å². The minimum atomic E-state index is -1.01. The Labute approximate surface area is 86.9 Å². The third kappa shape index (κ3) is 3.21. The molecule has 0 spiro atoms. The second kappa shape index (κ2) is 5.31. The van der Waals surface area contributed by atoms with Gasteiger partial charge in [-0.3, -0.25) is 0 Å². The third-order valence-electron chi connectivity index (χ3n) is 1.98. The highest BCUT2D eigenvalue weighted by atomic mass is 19.1. The van der Waals surface area contributed by atoms with E-state index in [4.69, 9.17) is 10.8 Å². The first-order valence-electron chi connectivity index (χ1n) is 4.53. The Morgan fingerprint density at radius 1 is 1.53 bits per heavy atom. The number of nitrogens with one attached hydrogen (secondary N) is 1. The molecular weight excluding hydrogens is 199 g/mol. The quantitative estimate of drug-likeness (QED) is 0.503. The van der Waals surface area contributed by atoms with Crippen molar-refractivity contribution in [2.75, 3.05) is 19.0 Å². The molecule has 0 aliphatic heterocycles. The maximum absolute atomic E-state index is 11.8. The molecule has 0 saturated carbocycles. The Balaban J connectivity index is 2.70. The predicted molar refractivity (Wildman–Crippen MR) is 55.5 cm³/mol. The Hall–Kier alpha value is -1.62. The Morgan fingerprint density at radius 2 is 2.27 bits per heavy atom. The third-order valence-corrected chi connectivity index (χ3v) is 1.98. The number of carboxylic acids is 1. The number of hydrogen-bond acceptors (Lipinski definition) is 3. The monoisotopic (exact) mass is 212 g/mol. The van der Waals surface area contributed by atoms with Gasteiger partial charge in [0.05, 0.1) is 5.56 Å². The lowest BCUT2D eigenvalue weighted by Gasteiger charge is -2.07. The lowest BCUT2D eigenvalue weighted by molar-refractivity contribution is 0.0697. The fraction of sp³-hybridized carbons (Fsp3) is 0.300. The number of aromatic carboxylic acids is 1. The van der Waals surface area contributed by atoms with Crippen LogP contribution in [-0.2, 0) is 6.54 Å². The Kier molecular flexibility index (Phi) is 4.05. The fourth-order valence-electron chi connectivity index (χ4n) is 1.18. The lowest BCUT2D eigenvalue weighted by Crippen LogP contribution is -2.17. The van der Waals surface area contributed by atoms with Crippen molar-refractivity contribution in [2.45, 2.75) is 6.54 Å². The average molecular weight is 212 g/mol. The molecule has 0 heterocycles. The highest BCUT2D eigenvalue weighted by Crippen LogP contribution is 2.14. The van der Waals surface area contributed by atoms with E-state index in [0.717, 1.165) is 5.56 Å². The number of carboxylic acid groups (broad SMARTS) is 1. The molecule has 1 rings (SSSR count). The van der Waals surface area contributed by atoms with Crippen LogP contribution in [0.15, 0.2) is 18.2 Å². The van der Waals surface area contributed by atoms with Crippen molar-refractivity contribution >= 4 is 11.7 Å². The van der Waals surface area contributed by atoms with Crippen LogP contribution in [0.1, 0.15) is 15.9 Å². The Bertz CT molecular complexity index is 355. The summed E-state index contributed by atoms with van der Waals surface area (Å²) >= 11 is 0.